The average Bonchev–Trinajstić information content (AvgIpc) is 2.65. The quantitative estimate of drug-likeness (QED) is 0.914. The van der Waals surface area contributed by atoms with Gasteiger partial charge in [-0.15, -0.1) is 0 Å². The second-order valence-corrected chi connectivity index (χ2v) is 4.63. The third kappa shape index (κ3) is 3.26. The van der Waals surface area contributed by atoms with E-state index in [1.54, 1.807) is 6.07 Å². The largest absolute Gasteiger partial charge is 0.380 e. The van der Waals surface area contributed by atoms with Crippen LogP contribution in [0.4, 0.5) is 4.39 Å². The zero-order chi connectivity index (χ0) is 10.7. The molecule has 1 fully saturated rings. The summed E-state index contributed by atoms with van der Waals surface area (Å²) in [6.45, 7) is 2.27. The summed E-state index contributed by atoms with van der Waals surface area (Å²) in [7, 11) is 0. The number of ether oxygens (including phenoxy) is 1. The highest BCUT2D eigenvalue weighted by atomic mass is 79.9. The summed E-state index contributed by atoms with van der Waals surface area (Å²) in [6.07, 6.45) is 1.04. The van der Waals surface area contributed by atoms with Crippen LogP contribution in [-0.2, 0) is 11.3 Å². The number of hydrogen-bond acceptors (Lipinski definition) is 2. The maximum absolute atomic E-state index is 13.0. The number of rotatable bonds is 3. The molecule has 0 amide bonds. The van der Waals surface area contributed by atoms with Gasteiger partial charge in [0.15, 0.2) is 0 Å². The van der Waals surface area contributed by atoms with E-state index in [4.69, 9.17) is 4.74 Å². The first-order valence-corrected chi connectivity index (χ1v) is 5.79. The molecule has 0 bridgehead atoms. The first-order valence-electron chi connectivity index (χ1n) is 5.00. The van der Waals surface area contributed by atoms with E-state index < -0.39 is 0 Å². The standard InChI is InChI=1S/C11H13BrFNO/c12-9-3-8(4-10(13)5-9)6-14-11-1-2-15-7-11/h3-5,11,14H,1-2,6-7H2. The van der Waals surface area contributed by atoms with Gasteiger partial charge in [-0.2, -0.15) is 0 Å². The minimum atomic E-state index is -0.205. The van der Waals surface area contributed by atoms with Crippen LogP contribution < -0.4 is 5.32 Å². The maximum atomic E-state index is 13.0. The van der Waals surface area contributed by atoms with Crippen molar-refractivity contribution in [3.8, 4) is 0 Å². The number of nitrogens with one attached hydrogen (secondary N) is 1. The summed E-state index contributed by atoms with van der Waals surface area (Å²) in [6, 6.07) is 5.34. The van der Waals surface area contributed by atoms with Gasteiger partial charge in [-0.25, -0.2) is 4.39 Å². The monoisotopic (exact) mass is 273 g/mol. The van der Waals surface area contributed by atoms with Crippen molar-refractivity contribution < 1.29 is 9.13 Å². The first-order chi connectivity index (χ1) is 7.24. The molecule has 2 nitrogen and oxygen atoms in total. The van der Waals surface area contributed by atoms with E-state index in [9.17, 15) is 4.39 Å². The minimum absolute atomic E-state index is 0.205. The Kier molecular flexibility index (Phi) is 3.72. The van der Waals surface area contributed by atoms with Gasteiger partial charge in [0.2, 0.25) is 0 Å². The molecule has 1 heterocycles. The van der Waals surface area contributed by atoms with Crippen LogP contribution in [0.2, 0.25) is 0 Å². The lowest BCUT2D eigenvalue weighted by Crippen LogP contribution is -2.28. The molecular formula is C11H13BrFNO. The van der Waals surface area contributed by atoms with Gasteiger partial charge in [-0.05, 0) is 30.2 Å². The molecule has 1 aromatic rings. The van der Waals surface area contributed by atoms with Gasteiger partial charge in [0, 0.05) is 23.7 Å². The van der Waals surface area contributed by atoms with E-state index >= 15 is 0 Å². The SMILES string of the molecule is Fc1cc(Br)cc(CNC2CCOC2)c1. The van der Waals surface area contributed by atoms with Crippen LogP contribution in [0.25, 0.3) is 0 Å². The Bertz CT molecular complexity index is 319. The second kappa shape index (κ2) is 5.05. The Morgan fingerprint density at radius 3 is 3.00 bits per heavy atom. The van der Waals surface area contributed by atoms with E-state index in [0.717, 1.165) is 29.7 Å². The van der Waals surface area contributed by atoms with Gasteiger partial charge in [-0.1, -0.05) is 15.9 Å². The van der Waals surface area contributed by atoms with E-state index in [2.05, 4.69) is 21.2 Å². The molecule has 2 rings (SSSR count). The van der Waals surface area contributed by atoms with Gasteiger partial charge < -0.3 is 10.1 Å². The smallest absolute Gasteiger partial charge is 0.124 e. The Balaban J connectivity index is 1.92. The molecule has 1 N–H and O–H groups in total. The molecule has 0 saturated carbocycles. The molecule has 1 saturated heterocycles. The highest BCUT2D eigenvalue weighted by Crippen LogP contribution is 2.15. The fourth-order valence-electron chi connectivity index (χ4n) is 1.67. The van der Waals surface area contributed by atoms with Crippen LogP contribution in [0.15, 0.2) is 22.7 Å². The van der Waals surface area contributed by atoms with Crippen molar-refractivity contribution in [1.29, 1.82) is 0 Å². The number of hydrogen-bond donors (Lipinski definition) is 1. The van der Waals surface area contributed by atoms with Crippen LogP contribution in [0, 0.1) is 5.82 Å². The molecule has 1 aliphatic heterocycles. The number of halogens is 2. The zero-order valence-electron chi connectivity index (χ0n) is 8.30. The van der Waals surface area contributed by atoms with E-state index in [-0.39, 0.29) is 5.82 Å². The highest BCUT2D eigenvalue weighted by Gasteiger charge is 2.14. The molecule has 15 heavy (non-hydrogen) atoms. The van der Waals surface area contributed by atoms with Crippen molar-refractivity contribution in [1.82, 2.24) is 5.32 Å². The second-order valence-electron chi connectivity index (χ2n) is 3.72. The van der Waals surface area contributed by atoms with Crippen molar-refractivity contribution in [2.75, 3.05) is 13.2 Å². The Labute approximate surface area is 96.9 Å². The topological polar surface area (TPSA) is 21.3 Å². The highest BCUT2D eigenvalue weighted by molar-refractivity contribution is 9.10. The summed E-state index contributed by atoms with van der Waals surface area (Å²) >= 11 is 3.27. The fourth-order valence-corrected chi connectivity index (χ4v) is 2.18. The summed E-state index contributed by atoms with van der Waals surface area (Å²) in [5.74, 6) is -0.205. The predicted molar refractivity (Wildman–Crippen MR) is 60.2 cm³/mol. The predicted octanol–water partition coefficient (Wildman–Crippen LogP) is 2.47. The van der Waals surface area contributed by atoms with E-state index in [0.29, 0.717) is 12.6 Å². The summed E-state index contributed by atoms with van der Waals surface area (Å²) < 4.78 is 19.1. The van der Waals surface area contributed by atoms with Gasteiger partial charge in [0.05, 0.1) is 6.61 Å². The lowest BCUT2D eigenvalue weighted by atomic mass is 10.2. The van der Waals surface area contributed by atoms with Crippen LogP contribution in [0.1, 0.15) is 12.0 Å². The summed E-state index contributed by atoms with van der Waals surface area (Å²) in [5.41, 5.74) is 0.953. The molecule has 4 heteroatoms. The molecule has 0 aliphatic carbocycles. The average molecular weight is 274 g/mol. The third-order valence-electron chi connectivity index (χ3n) is 2.45. The third-order valence-corrected chi connectivity index (χ3v) is 2.90. The molecule has 1 atom stereocenters. The lowest BCUT2D eigenvalue weighted by molar-refractivity contribution is 0.190. The molecule has 82 valence electrons. The summed E-state index contributed by atoms with van der Waals surface area (Å²) in [5, 5.41) is 3.34. The molecule has 1 unspecified atom stereocenters. The molecule has 0 aromatic heterocycles. The summed E-state index contributed by atoms with van der Waals surface area (Å²) in [4.78, 5) is 0. The van der Waals surface area contributed by atoms with Crippen LogP contribution in [-0.4, -0.2) is 19.3 Å². The first kappa shape index (κ1) is 11.0. The van der Waals surface area contributed by atoms with Crippen molar-refractivity contribution in [3.63, 3.8) is 0 Å². The minimum Gasteiger partial charge on any atom is -0.380 e. The van der Waals surface area contributed by atoms with E-state index in [1.807, 2.05) is 6.07 Å². The molecule has 0 spiro atoms. The van der Waals surface area contributed by atoms with Gasteiger partial charge >= 0.3 is 0 Å². The van der Waals surface area contributed by atoms with Crippen molar-refractivity contribution in [2.24, 2.45) is 0 Å². The molecular weight excluding hydrogens is 261 g/mol. The van der Waals surface area contributed by atoms with Crippen LogP contribution in [0.3, 0.4) is 0 Å². The molecule has 1 aliphatic rings. The Hall–Kier alpha value is -0.450. The molecule has 1 aromatic carbocycles. The maximum Gasteiger partial charge on any atom is 0.124 e. The van der Waals surface area contributed by atoms with Gasteiger partial charge in [0.25, 0.3) is 0 Å². The number of benzene rings is 1. The molecule has 0 radical (unpaired) electrons. The van der Waals surface area contributed by atoms with Gasteiger partial charge in [0.1, 0.15) is 5.82 Å². The Morgan fingerprint density at radius 2 is 2.33 bits per heavy atom. The fraction of sp³-hybridized carbons (Fsp3) is 0.455. The van der Waals surface area contributed by atoms with Gasteiger partial charge in [-0.3, -0.25) is 0 Å². The van der Waals surface area contributed by atoms with Crippen molar-refractivity contribution in [2.45, 2.75) is 19.0 Å². The zero-order valence-corrected chi connectivity index (χ0v) is 9.89. The van der Waals surface area contributed by atoms with Crippen molar-refractivity contribution >= 4 is 15.9 Å². The Morgan fingerprint density at radius 1 is 1.47 bits per heavy atom. The van der Waals surface area contributed by atoms with Crippen molar-refractivity contribution in [3.05, 3.63) is 34.1 Å². The normalized spacial score (nSPS) is 20.8. The lowest BCUT2D eigenvalue weighted by Gasteiger charge is -2.10. The van der Waals surface area contributed by atoms with Crippen LogP contribution in [0.5, 0.6) is 0 Å². The van der Waals surface area contributed by atoms with E-state index in [1.165, 1.54) is 6.07 Å². The van der Waals surface area contributed by atoms with Crippen LogP contribution >= 0.6 is 15.9 Å².